The summed E-state index contributed by atoms with van der Waals surface area (Å²) >= 11 is 3.61. The van der Waals surface area contributed by atoms with Crippen molar-refractivity contribution in [1.82, 2.24) is 5.32 Å². The fraction of sp³-hybridized carbons (Fsp3) is 0.235. The highest BCUT2D eigenvalue weighted by Gasteiger charge is 2.20. The number of amides is 1. The van der Waals surface area contributed by atoms with Crippen molar-refractivity contribution in [3.05, 3.63) is 68.7 Å². The lowest BCUT2D eigenvalue weighted by Crippen LogP contribution is -2.32. The molecule has 0 radical (unpaired) electrons. The molecule has 0 saturated heterocycles. The van der Waals surface area contributed by atoms with Crippen molar-refractivity contribution < 1.29 is 4.79 Å². The van der Waals surface area contributed by atoms with Crippen LogP contribution in [0.4, 0.5) is 0 Å². The van der Waals surface area contributed by atoms with E-state index in [9.17, 15) is 4.79 Å². The Bertz CT molecular complexity index is 712. The van der Waals surface area contributed by atoms with Gasteiger partial charge >= 0.3 is 0 Å². The Balaban J connectivity index is 2.02. The molecule has 0 spiro atoms. The minimum atomic E-state index is -0.251. The predicted octanol–water partition coefficient (Wildman–Crippen LogP) is 3.09. The molecule has 1 aliphatic heterocycles. The van der Waals surface area contributed by atoms with E-state index in [1.807, 2.05) is 43.3 Å². The SMILES string of the molecule is Cc1cccc(C(N)c2ccc3c(c2)C(=O)NCC3)c1Br. The van der Waals surface area contributed by atoms with E-state index in [4.69, 9.17) is 5.73 Å². The molecule has 1 aliphatic rings. The molecule has 3 nitrogen and oxygen atoms in total. The summed E-state index contributed by atoms with van der Waals surface area (Å²) in [4.78, 5) is 12.0. The van der Waals surface area contributed by atoms with Crippen LogP contribution in [0.5, 0.6) is 0 Å². The second-order valence-corrected chi connectivity index (χ2v) is 6.17. The molecule has 0 bridgehead atoms. The molecule has 0 saturated carbocycles. The molecule has 1 atom stereocenters. The molecule has 1 unspecified atom stereocenters. The van der Waals surface area contributed by atoms with Crippen LogP contribution in [-0.2, 0) is 6.42 Å². The Morgan fingerprint density at radius 1 is 1.29 bits per heavy atom. The Hall–Kier alpha value is -1.65. The molecule has 1 amide bonds. The van der Waals surface area contributed by atoms with Gasteiger partial charge in [-0.15, -0.1) is 0 Å². The van der Waals surface area contributed by atoms with E-state index in [1.165, 1.54) is 0 Å². The fourth-order valence-corrected chi connectivity index (χ4v) is 3.22. The molecule has 0 fully saturated rings. The van der Waals surface area contributed by atoms with Crippen LogP contribution in [-0.4, -0.2) is 12.5 Å². The first kappa shape index (κ1) is 14.3. The van der Waals surface area contributed by atoms with Crippen LogP contribution in [0.1, 0.15) is 38.7 Å². The summed E-state index contributed by atoms with van der Waals surface area (Å²) in [6.45, 7) is 2.75. The molecule has 2 aromatic rings. The van der Waals surface area contributed by atoms with E-state index in [0.717, 1.165) is 38.7 Å². The third-order valence-corrected chi connectivity index (χ3v) is 5.06. The lowest BCUT2D eigenvalue weighted by Gasteiger charge is -2.20. The van der Waals surface area contributed by atoms with Gasteiger partial charge in [0, 0.05) is 16.6 Å². The average Bonchev–Trinajstić information content (AvgIpc) is 2.49. The summed E-state index contributed by atoms with van der Waals surface area (Å²) in [6.07, 6.45) is 0.880. The summed E-state index contributed by atoms with van der Waals surface area (Å²) < 4.78 is 1.03. The lowest BCUT2D eigenvalue weighted by atomic mass is 9.92. The molecule has 21 heavy (non-hydrogen) atoms. The molecule has 3 rings (SSSR count). The van der Waals surface area contributed by atoms with E-state index in [-0.39, 0.29) is 11.9 Å². The largest absolute Gasteiger partial charge is 0.352 e. The van der Waals surface area contributed by atoms with Gasteiger partial charge in [0.1, 0.15) is 0 Å². The summed E-state index contributed by atoms with van der Waals surface area (Å²) in [5.74, 6) is -0.00592. The first-order valence-corrected chi connectivity index (χ1v) is 7.79. The number of hydrogen-bond acceptors (Lipinski definition) is 2. The van der Waals surface area contributed by atoms with E-state index in [0.29, 0.717) is 6.54 Å². The zero-order chi connectivity index (χ0) is 15.0. The van der Waals surface area contributed by atoms with Crippen molar-refractivity contribution in [3.63, 3.8) is 0 Å². The second-order valence-electron chi connectivity index (χ2n) is 5.38. The first-order chi connectivity index (χ1) is 10.1. The van der Waals surface area contributed by atoms with Gasteiger partial charge in [-0.05, 0) is 41.7 Å². The number of halogens is 1. The molecule has 3 N–H and O–H groups in total. The number of hydrogen-bond donors (Lipinski definition) is 2. The van der Waals surface area contributed by atoms with Gasteiger partial charge in [0.25, 0.3) is 5.91 Å². The Labute approximate surface area is 132 Å². The standard InChI is InChI=1S/C17H17BrN2O/c1-10-3-2-4-13(15(10)18)16(19)12-6-5-11-7-8-20-17(21)14(11)9-12/h2-6,9,16H,7-8,19H2,1H3,(H,20,21). The minimum absolute atomic E-state index is 0.00592. The van der Waals surface area contributed by atoms with Crippen LogP contribution < -0.4 is 11.1 Å². The molecular formula is C17H17BrN2O. The number of carbonyl (C=O) groups excluding carboxylic acids is 1. The first-order valence-electron chi connectivity index (χ1n) is 6.99. The molecule has 4 heteroatoms. The zero-order valence-electron chi connectivity index (χ0n) is 11.8. The number of rotatable bonds is 2. The van der Waals surface area contributed by atoms with Crippen LogP contribution in [0.25, 0.3) is 0 Å². The van der Waals surface area contributed by atoms with E-state index < -0.39 is 0 Å². The van der Waals surface area contributed by atoms with Crippen LogP contribution in [0.2, 0.25) is 0 Å². The van der Waals surface area contributed by atoms with Crippen molar-refractivity contribution in [2.75, 3.05) is 6.54 Å². The van der Waals surface area contributed by atoms with Gasteiger partial charge < -0.3 is 11.1 Å². The zero-order valence-corrected chi connectivity index (χ0v) is 13.4. The monoisotopic (exact) mass is 344 g/mol. The summed E-state index contributed by atoms with van der Waals surface area (Å²) in [5.41, 5.74) is 11.4. The summed E-state index contributed by atoms with van der Waals surface area (Å²) in [6, 6.07) is 11.8. The van der Waals surface area contributed by atoms with Gasteiger partial charge in [-0.1, -0.05) is 46.3 Å². The van der Waals surface area contributed by atoms with Crippen LogP contribution in [0.15, 0.2) is 40.9 Å². The van der Waals surface area contributed by atoms with Crippen LogP contribution >= 0.6 is 15.9 Å². The Kier molecular flexibility index (Phi) is 3.83. The average molecular weight is 345 g/mol. The molecule has 2 aromatic carbocycles. The highest BCUT2D eigenvalue weighted by Crippen LogP contribution is 2.30. The molecule has 1 heterocycles. The number of fused-ring (bicyclic) bond motifs is 1. The van der Waals surface area contributed by atoms with Gasteiger partial charge in [-0.3, -0.25) is 4.79 Å². The topological polar surface area (TPSA) is 55.1 Å². The highest BCUT2D eigenvalue weighted by molar-refractivity contribution is 9.10. The smallest absolute Gasteiger partial charge is 0.251 e. The van der Waals surface area contributed by atoms with Gasteiger partial charge in [0.15, 0.2) is 0 Å². The molecular weight excluding hydrogens is 328 g/mol. The summed E-state index contributed by atoms with van der Waals surface area (Å²) in [7, 11) is 0. The number of benzene rings is 2. The summed E-state index contributed by atoms with van der Waals surface area (Å²) in [5, 5.41) is 2.88. The molecule has 0 aromatic heterocycles. The fourth-order valence-electron chi connectivity index (χ4n) is 2.71. The van der Waals surface area contributed by atoms with E-state index >= 15 is 0 Å². The number of nitrogens with two attached hydrogens (primary N) is 1. The number of carbonyl (C=O) groups is 1. The maximum atomic E-state index is 12.0. The maximum absolute atomic E-state index is 12.0. The van der Waals surface area contributed by atoms with Crippen molar-refractivity contribution in [2.24, 2.45) is 5.73 Å². The van der Waals surface area contributed by atoms with Crippen molar-refractivity contribution >= 4 is 21.8 Å². The third-order valence-electron chi connectivity index (χ3n) is 3.97. The quantitative estimate of drug-likeness (QED) is 0.879. The molecule has 0 aliphatic carbocycles. The number of aryl methyl sites for hydroxylation is 1. The predicted molar refractivity (Wildman–Crippen MR) is 87.4 cm³/mol. The minimum Gasteiger partial charge on any atom is -0.352 e. The van der Waals surface area contributed by atoms with Crippen LogP contribution in [0, 0.1) is 6.92 Å². The second kappa shape index (κ2) is 5.62. The maximum Gasteiger partial charge on any atom is 0.251 e. The van der Waals surface area contributed by atoms with Gasteiger partial charge in [0.2, 0.25) is 0 Å². The normalized spacial score (nSPS) is 15.3. The number of nitrogens with one attached hydrogen (secondary N) is 1. The van der Waals surface area contributed by atoms with Gasteiger partial charge in [-0.25, -0.2) is 0 Å². The Morgan fingerprint density at radius 3 is 2.90 bits per heavy atom. The van der Waals surface area contributed by atoms with E-state index in [1.54, 1.807) is 0 Å². The highest BCUT2D eigenvalue weighted by atomic mass is 79.9. The van der Waals surface area contributed by atoms with Crippen molar-refractivity contribution in [3.8, 4) is 0 Å². The lowest BCUT2D eigenvalue weighted by molar-refractivity contribution is 0.0946. The van der Waals surface area contributed by atoms with Crippen molar-refractivity contribution in [2.45, 2.75) is 19.4 Å². The van der Waals surface area contributed by atoms with Gasteiger partial charge in [-0.2, -0.15) is 0 Å². The molecule has 108 valence electrons. The van der Waals surface area contributed by atoms with Crippen molar-refractivity contribution in [1.29, 1.82) is 0 Å². The van der Waals surface area contributed by atoms with Gasteiger partial charge in [0.05, 0.1) is 6.04 Å². The van der Waals surface area contributed by atoms with Crippen LogP contribution in [0.3, 0.4) is 0 Å². The van der Waals surface area contributed by atoms with E-state index in [2.05, 4.69) is 21.2 Å². The third kappa shape index (κ3) is 2.61. The Morgan fingerprint density at radius 2 is 2.10 bits per heavy atom.